The molecule has 2 aromatic carbocycles. The van der Waals surface area contributed by atoms with Crippen molar-refractivity contribution in [1.82, 2.24) is 0 Å². The second-order valence-corrected chi connectivity index (χ2v) is 8.21. The lowest BCUT2D eigenvalue weighted by molar-refractivity contribution is 0.221. The van der Waals surface area contributed by atoms with Gasteiger partial charge in [0.1, 0.15) is 6.10 Å². The van der Waals surface area contributed by atoms with Crippen LogP contribution < -0.4 is 0 Å². The first-order valence-electron chi connectivity index (χ1n) is 5.86. The maximum atomic E-state index is 10.7. The topological polar surface area (TPSA) is 20.2 Å². The summed E-state index contributed by atoms with van der Waals surface area (Å²) in [6.07, 6.45) is -0.623. The molecule has 0 fully saturated rings. The minimum absolute atomic E-state index is 0.623. The zero-order valence-electron chi connectivity index (χ0n) is 10.1. The van der Waals surface area contributed by atoms with Crippen molar-refractivity contribution in [3.05, 3.63) is 65.4 Å². The van der Waals surface area contributed by atoms with E-state index >= 15 is 0 Å². The summed E-state index contributed by atoms with van der Waals surface area (Å²) >= 11 is 11.0. The molecule has 0 aliphatic heterocycles. The van der Waals surface area contributed by atoms with Gasteiger partial charge in [0, 0.05) is 28.3 Å². The van der Waals surface area contributed by atoms with Crippen molar-refractivity contribution in [3.8, 4) is 0 Å². The molecule has 0 saturated heterocycles. The standard InChI is InChI=1S/C15H9Br2IOS/c16-12-5-4-8(18)6-10(12)14(19)11-7-20-15-9(11)2-1-3-13(15)17/h1-7,14,19H. The van der Waals surface area contributed by atoms with E-state index in [1.807, 2.05) is 35.7 Å². The Bertz CT molecular complexity index is 785. The number of benzene rings is 2. The zero-order chi connectivity index (χ0) is 14.3. The highest BCUT2D eigenvalue weighted by Crippen LogP contribution is 2.39. The summed E-state index contributed by atoms with van der Waals surface area (Å²) in [7, 11) is 0. The largest absolute Gasteiger partial charge is 0.384 e. The first kappa shape index (κ1) is 15.0. The molecule has 102 valence electrons. The van der Waals surface area contributed by atoms with Gasteiger partial charge in [-0.15, -0.1) is 11.3 Å². The summed E-state index contributed by atoms with van der Waals surface area (Å²) in [5.74, 6) is 0. The fraction of sp³-hybridized carbons (Fsp3) is 0.0667. The first-order chi connectivity index (χ1) is 9.58. The van der Waals surface area contributed by atoms with E-state index in [0.29, 0.717) is 0 Å². The molecule has 1 atom stereocenters. The fourth-order valence-corrected chi connectivity index (χ4v) is 4.76. The van der Waals surface area contributed by atoms with Gasteiger partial charge in [0.2, 0.25) is 0 Å². The van der Waals surface area contributed by atoms with Gasteiger partial charge in [-0.2, -0.15) is 0 Å². The molecule has 0 aliphatic rings. The Labute approximate surface area is 151 Å². The molecule has 0 saturated carbocycles. The molecule has 0 spiro atoms. The molecule has 0 bridgehead atoms. The van der Waals surface area contributed by atoms with E-state index in [9.17, 15) is 5.11 Å². The fourth-order valence-electron chi connectivity index (χ4n) is 2.15. The molecule has 3 aromatic rings. The Morgan fingerprint density at radius 3 is 2.65 bits per heavy atom. The number of aliphatic hydroxyl groups excluding tert-OH is 1. The maximum absolute atomic E-state index is 10.7. The van der Waals surface area contributed by atoms with Gasteiger partial charge in [-0.1, -0.05) is 28.1 Å². The minimum Gasteiger partial charge on any atom is -0.384 e. The van der Waals surface area contributed by atoms with E-state index in [1.165, 1.54) is 4.70 Å². The molecule has 0 amide bonds. The lowest BCUT2D eigenvalue weighted by atomic mass is 10.0. The van der Waals surface area contributed by atoms with E-state index in [0.717, 1.165) is 29.0 Å². The lowest BCUT2D eigenvalue weighted by Gasteiger charge is -2.13. The Hall–Kier alpha value is 0.0500. The summed E-state index contributed by atoms with van der Waals surface area (Å²) in [4.78, 5) is 0. The van der Waals surface area contributed by atoms with Gasteiger partial charge in [-0.25, -0.2) is 0 Å². The number of halogens is 3. The molecule has 1 aromatic heterocycles. The van der Waals surface area contributed by atoms with Crippen LogP contribution in [0.3, 0.4) is 0 Å². The molecule has 20 heavy (non-hydrogen) atoms. The number of fused-ring (bicyclic) bond motifs is 1. The predicted octanol–water partition coefficient (Wildman–Crippen LogP) is 6.11. The Morgan fingerprint density at radius 2 is 1.85 bits per heavy atom. The predicted molar refractivity (Wildman–Crippen MR) is 100 cm³/mol. The smallest absolute Gasteiger partial charge is 0.107 e. The number of hydrogen-bond acceptors (Lipinski definition) is 2. The van der Waals surface area contributed by atoms with Gasteiger partial charge in [-0.05, 0) is 73.6 Å². The third kappa shape index (κ3) is 2.70. The third-order valence-electron chi connectivity index (χ3n) is 3.13. The molecule has 3 rings (SSSR count). The van der Waals surface area contributed by atoms with Gasteiger partial charge >= 0.3 is 0 Å². The highest BCUT2D eigenvalue weighted by Gasteiger charge is 2.18. The van der Waals surface area contributed by atoms with E-state index in [2.05, 4.69) is 60.5 Å². The van der Waals surface area contributed by atoms with Crippen molar-refractivity contribution in [2.45, 2.75) is 6.10 Å². The Morgan fingerprint density at radius 1 is 1.05 bits per heavy atom. The van der Waals surface area contributed by atoms with Gasteiger partial charge in [0.05, 0.1) is 0 Å². The van der Waals surface area contributed by atoms with E-state index < -0.39 is 6.10 Å². The van der Waals surface area contributed by atoms with Crippen molar-refractivity contribution < 1.29 is 5.11 Å². The lowest BCUT2D eigenvalue weighted by Crippen LogP contribution is -2.00. The van der Waals surface area contributed by atoms with E-state index in [1.54, 1.807) is 11.3 Å². The molecular formula is C15H9Br2IOS. The average Bonchev–Trinajstić information content (AvgIpc) is 2.86. The van der Waals surface area contributed by atoms with Crippen LogP contribution in [0.15, 0.2) is 50.7 Å². The second kappa shape index (κ2) is 6.04. The summed E-state index contributed by atoms with van der Waals surface area (Å²) in [5.41, 5.74) is 1.85. The summed E-state index contributed by atoms with van der Waals surface area (Å²) in [5, 5.41) is 13.9. The Kier molecular flexibility index (Phi) is 4.52. The molecule has 0 radical (unpaired) electrons. The highest BCUT2D eigenvalue weighted by molar-refractivity contribution is 14.1. The van der Waals surface area contributed by atoms with Crippen LogP contribution in [0.25, 0.3) is 10.1 Å². The maximum Gasteiger partial charge on any atom is 0.107 e. The SMILES string of the molecule is OC(c1cc(I)ccc1Br)c1csc2c(Br)cccc12. The van der Waals surface area contributed by atoms with Crippen LogP contribution >= 0.6 is 65.8 Å². The van der Waals surface area contributed by atoms with Crippen molar-refractivity contribution in [1.29, 1.82) is 0 Å². The number of hydrogen-bond donors (Lipinski definition) is 1. The van der Waals surface area contributed by atoms with Crippen LogP contribution in [0.4, 0.5) is 0 Å². The van der Waals surface area contributed by atoms with Gasteiger partial charge in [0.25, 0.3) is 0 Å². The highest BCUT2D eigenvalue weighted by atomic mass is 127. The monoisotopic (exact) mass is 522 g/mol. The zero-order valence-corrected chi connectivity index (χ0v) is 16.3. The Balaban J connectivity index is 2.15. The van der Waals surface area contributed by atoms with Crippen molar-refractivity contribution in [2.24, 2.45) is 0 Å². The quantitative estimate of drug-likeness (QED) is 0.402. The third-order valence-corrected chi connectivity index (χ3v) is 6.49. The van der Waals surface area contributed by atoms with Crippen molar-refractivity contribution >= 4 is 75.9 Å². The van der Waals surface area contributed by atoms with Gasteiger partial charge in [-0.3, -0.25) is 0 Å². The van der Waals surface area contributed by atoms with Crippen LogP contribution in [0.1, 0.15) is 17.2 Å². The summed E-state index contributed by atoms with van der Waals surface area (Å²) in [6.45, 7) is 0. The van der Waals surface area contributed by atoms with Crippen LogP contribution in [0, 0.1) is 3.57 Å². The minimum atomic E-state index is -0.623. The average molecular weight is 524 g/mol. The number of rotatable bonds is 2. The number of aliphatic hydroxyl groups is 1. The van der Waals surface area contributed by atoms with Crippen LogP contribution in [0.5, 0.6) is 0 Å². The molecule has 1 unspecified atom stereocenters. The molecule has 1 N–H and O–H groups in total. The van der Waals surface area contributed by atoms with Crippen LogP contribution in [-0.2, 0) is 0 Å². The van der Waals surface area contributed by atoms with E-state index in [-0.39, 0.29) is 0 Å². The van der Waals surface area contributed by atoms with Crippen molar-refractivity contribution in [3.63, 3.8) is 0 Å². The molecular weight excluding hydrogens is 515 g/mol. The molecule has 5 heteroatoms. The molecule has 1 heterocycles. The normalized spacial score (nSPS) is 12.8. The first-order valence-corrected chi connectivity index (χ1v) is 9.41. The molecule has 0 aliphatic carbocycles. The van der Waals surface area contributed by atoms with Crippen LogP contribution in [0.2, 0.25) is 0 Å². The van der Waals surface area contributed by atoms with E-state index in [4.69, 9.17) is 0 Å². The summed E-state index contributed by atoms with van der Waals surface area (Å²) in [6, 6.07) is 12.1. The van der Waals surface area contributed by atoms with Crippen molar-refractivity contribution in [2.75, 3.05) is 0 Å². The second-order valence-electron chi connectivity index (χ2n) is 4.38. The van der Waals surface area contributed by atoms with Gasteiger partial charge < -0.3 is 5.11 Å². The molecule has 1 nitrogen and oxygen atoms in total. The summed E-state index contributed by atoms with van der Waals surface area (Å²) < 4.78 is 4.28. The van der Waals surface area contributed by atoms with Crippen LogP contribution in [-0.4, -0.2) is 5.11 Å². The number of thiophene rings is 1. The van der Waals surface area contributed by atoms with Gasteiger partial charge in [0.15, 0.2) is 0 Å².